The molecule has 1 unspecified atom stereocenters. The maximum atomic E-state index is 10.6. The fourth-order valence-corrected chi connectivity index (χ4v) is 12.9. The van der Waals surface area contributed by atoms with Crippen LogP contribution in [0.2, 0.25) is 0 Å². The van der Waals surface area contributed by atoms with Crippen molar-refractivity contribution in [2.75, 3.05) is 22.9 Å². The predicted molar refractivity (Wildman–Crippen MR) is 332 cm³/mol. The summed E-state index contributed by atoms with van der Waals surface area (Å²) in [6.45, 7) is 23.1. The Morgan fingerprint density at radius 2 is 0.771 bits per heavy atom. The Hall–Kier alpha value is -10.2. The summed E-state index contributed by atoms with van der Waals surface area (Å²) in [6.07, 6.45) is 6.13. The van der Waals surface area contributed by atoms with Gasteiger partial charge < -0.3 is 9.80 Å². The molecule has 0 aliphatic heterocycles. The first kappa shape index (κ1) is 56.1. The van der Waals surface area contributed by atoms with Crippen molar-refractivity contribution >= 4 is 45.2 Å². The van der Waals surface area contributed by atoms with Gasteiger partial charge in [-0.3, -0.25) is 0 Å². The monoisotopic (exact) mass is 1080 g/mol. The summed E-state index contributed by atoms with van der Waals surface area (Å²) in [6, 6.07) is 72.9. The molecular weight excluding hydrogens is 1010 g/mol. The topological polar surface area (TPSA) is 130 Å². The van der Waals surface area contributed by atoms with Crippen molar-refractivity contribution in [3.63, 3.8) is 0 Å². The molecule has 404 valence electrons. The molecule has 0 amide bonds. The zero-order chi connectivity index (χ0) is 58.5. The van der Waals surface area contributed by atoms with E-state index in [2.05, 4.69) is 153 Å². The third-order valence-electron chi connectivity index (χ3n) is 17.0. The Morgan fingerprint density at radius 1 is 0.422 bits per heavy atom. The molecule has 0 N–H and O–H groups in total. The summed E-state index contributed by atoms with van der Waals surface area (Å²) in [7, 11) is 0. The van der Waals surface area contributed by atoms with Gasteiger partial charge in [-0.15, -0.1) is 0 Å². The SMILES string of the molecule is [C-]#[N+]C(C#N)=c1ccc(=c2ccc(=C(C#N)c3ccc(N(CCCC)c4ccc5c(c4)C4(CC(C)(C)c6ccc(N(CCCC)c7ccc(C(C#N)=c8ccc(=c9ccc(=C(C#N)C#N)cc9)cc8)cc7)cc64)CC5(C)C)cc3)cc2)cc1. The van der Waals surface area contributed by atoms with Gasteiger partial charge in [0.15, 0.2) is 0 Å². The van der Waals surface area contributed by atoms with Crippen LogP contribution in [0.25, 0.3) is 27.3 Å². The van der Waals surface area contributed by atoms with Gasteiger partial charge in [0.2, 0.25) is 0 Å². The highest BCUT2D eigenvalue weighted by Crippen LogP contribution is 2.63. The predicted octanol–water partition coefficient (Wildman–Crippen LogP) is 14.0. The quantitative estimate of drug-likeness (QED) is 0.111. The zero-order valence-electron chi connectivity index (χ0n) is 48.1. The van der Waals surface area contributed by atoms with Crippen LogP contribution in [0, 0.1) is 84.1 Å². The number of nitrogens with zero attached hydrogens (tertiary/aromatic N) is 8. The highest BCUT2D eigenvalue weighted by atomic mass is 15.1. The number of fused-ring (bicyclic) bond motifs is 4. The standard InChI is InChI=1S/C75H64N8/c1-8-10-40-82(62-32-28-58(29-33-62)66(46-78)56-22-16-52(17-23-56)51-12-14-55(15-13-51)61(44-76)45-77)64-36-38-68-70(42-64)75(49-73(68,3)4)50-74(5,6)69-39-37-65(43-71(69)75)83(41-11-9-2)63-34-30-59(31-35-63)67(47-79)57-24-18-53(19-25-57)54-20-26-60(27-21-54)72(48-80)81-7/h12-39,42-43H,8-11,40-41,49-50H2,1-6H3. The lowest BCUT2D eigenvalue weighted by molar-refractivity contribution is 0.349. The number of hydrogen-bond donors (Lipinski definition) is 0. The van der Waals surface area contributed by atoms with Crippen molar-refractivity contribution < 1.29 is 0 Å². The molecule has 8 heteroatoms. The van der Waals surface area contributed by atoms with Gasteiger partial charge in [0.25, 0.3) is 5.70 Å². The van der Waals surface area contributed by atoms with E-state index >= 15 is 0 Å². The van der Waals surface area contributed by atoms with Gasteiger partial charge in [0, 0.05) is 46.5 Å². The molecule has 1 spiro atoms. The minimum Gasteiger partial charge on any atom is -0.341 e. The first-order valence-corrected chi connectivity index (χ1v) is 28.6. The Balaban J connectivity index is 0.982. The third-order valence-corrected chi connectivity index (χ3v) is 17.0. The highest BCUT2D eigenvalue weighted by molar-refractivity contribution is 5.80. The molecule has 0 saturated carbocycles. The second-order valence-electron chi connectivity index (χ2n) is 23.2. The van der Waals surface area contributed by atoms with E-state index in [4.69, 9.17) is 6.57 Å². The molecule has 1 atom stereocenters. The summed E-state index contributed by atoms with van der Waals surface area (Å²) >= 11 is 0. The number of anilines is 4. The van der Waals surface area contributed by atoms with Crippen LogP contribution in [-0.4, -0.2) is 13.1 Å². The number of benzene rings is 8. The van der Waals surface area contributed by atoms with Crippen LogP contribution in [0.15, 0.2) is 182 Å². The third kappa shape index (κ3) is 10.8. The van der Waals surface area contributed by atoms with Crippen LogP contribution in [0.3, 0.4) is 0 Å². The maximum absolute atomic E-state index is 10.6. The molecule has 2 aliphatic carbocycles. The van der Waals surface area contributed by atoms with Crippen LogP contribution in [0.5, 0.6) is 0 Å². The van der Waals surface area contributed by atoms with Crippen molar-refractivity contribution in [1.82, 2.24) is 0 Å². The van der Waals surface area contributed by atoms with Crippen molar-refractivity contribution in [2.45, 2.75) is 96.3 Å². The van der Waals surface area contributed by atoms with E-state index in [-0.39, 0.29) is 27.5 Å². The number of rotatable bonds is 12. The van der Waals surface area contributed by atoms with Crippen LogP contribution in [-0.2, 0) is 16.2 Å². The number of hydrogen-bond acceptors (Lipinski definition) is 7. The Labute approximate surface area is 487 Å². The summed E-state index contributed by atoms with van der Waals surface area (Å²) in [5, 5.41) is 55.7. The van der Waals surface area contributed by atoms with Crippen molar-refractivity contribution in [1.29, 1.82) is 26.3 Å². The van der Waals surface area contributed by atoms with Crippen LogP contribution >= 0.6 is 0 Å². The van der Waals surface area contributed by atoms with Crippen molar-refractivity contribution in [3.05, 3.63) is 269 Å². The molecule has 8 nitrogen and oxygen atoms in total. The Kier molecular flexibility index (Phi) is 15.9. The Bertz CT molecular complexity index is 4200. The average Bonchev–Trinajstić information content (AvgIpc) is 4.04. The maximum Gasteiger partial charge on any atom is 0.268 e. The fraction of sp³-hybridized carbons (Fsp3) is 0.227. The first-order valence-electron chi connectivity index (χ1n) is 28.6. The lowest BCUT2D eigenvalue weighted by atomic mass is 9.72. The summed E-state index contributed by atoms with van der Waals surface area (Å²) in [4.78, 5) is 8.24. The van der Waals surface area contributed by atoms with Gasteiger partial charge in [0.1, 0.15) is 29.8 Å². The van der Waals surface area contributed by atoms with E-state index in [9.17, 15) is 26.3 Å². The lowest BCUT2D eigenvalue weighted by Crippen LogP contribution is -2.27. The van der Waals surface area contributed by atoms with Crippen LogP contribution < -0.4 is 30.7 Å². The molecule has 0 bridgehead atoms. The molecule has 10 rings (SSSR count). The van der Waals surface area contributed by atoms with E-state index in [1.54, 1.807) is 24.3 Å². The van der Waals surface area contributed by atoms with Crippen molar-refractivity contribution in [2.24, 2.45) is 0 Å². The van der Waals surface area contributed by atoms with E-state index < -0.39 is 0 Å². The molecule has 2 aliphatic rings. The molecular formula is C75H64N8. The summed E-state index contributed by atoms with van der Waals surface area (Å²) < 4.78 is 0. The second-order valence-corrected chi connectivity index (χ2v) is 23.2. The first-order chi connectivity index (χ1) is 40.2. The summed E-state index contributed by atoms with van der Waals surface area (Å²) in [5.74, 6) is 0. The largest absolute Gasteiger partial charge is 0.341 e. The minimum absolute atomic E-state index is 0.0653. The molecule has 0 saturated heterocycles. The Morgan fingerprint density at radius 3 is 1.10 bits per heavy atom. The molecule has 8 aromatic carbocycles. The van der Waals surface area contributed by atoms with Gasteiger partial charge in [-0.25, -0.2) is 10.1 Å². The van der Waals surface area contributed by atoms with Gasteiger partial charge in [0.05, 0.1) is 23.8 Å². The van der Waals surface area contributed by atoms with E-state index in [0.29, 0.717) is 21.6 Å². The molecule has 8 aromatic rings. The molecule has 0 radical (unpaired) electrons. The molecule has 0 fully saturated rings. The normalized spacial score (nSPS) is 14.7. The lowest BCUT2D eigenvalue weighted by Gasteiger charge is -2.32. The van der Waals surface area contributed by atoms with E-state index in [1.807, 2.05) is 91.0 Å². The fourth-order valence-electron chi connectivity index (χ4n) is 12.9. The molecule has 0 aromatic heterocycles. The average molecular weight is 1080 g/mol. The smallest absolute Gasteiger partial charge is 0.268 e. The van der Waals surface area contributed by atoms with E-state index in [0.717, 1.165) is 105 Å². The number of unbranched alkanes of at least 4 members (excludes halogenated alkanes) is 2. The molecule has 83 heavy (non-hydrogen) atoms. The van der Waals surface area contributed by atoms with Crippen molar-refractivity contribution in [3.8, 4) is 30.3 Å². The van der Waals surface area contributed by atoms with Gasteiger partial charge in [-0.05, 0) is 155 Å². The van der Waals surface area contributed by atoms with Gasteiger partial charge >= 0.3 is 0 Å². The second kappa shape index (κ2) is 23.5. The highest BCUT2D eigenvalue weighted by Gasteiger charge is 2.56. The van der Waals surface area contributed by atoms with Gasteiger partial charge in [-0.2, -0.15) is 21.0 Å². The number of nitriles is 5. The van der Waals surface area contributed by atoms with Crippen LogP contribution in [0.4, 0.5) is 22.7 Å². The minimum atomic E-state index is -0.218. The summed E-state index contributed by atoms with van der Waals surface area (Å²) in [5.41, 5.74) is 12.8. The molecule has 0 heterocycles. The zero-order valence-corrected chi connectivity index (χ0v) is 48.1. The van der Waals surface area contributed by atoms with Crippen LogP contribution in [0.1, 0.15) is 113 Å². The van der Waals surface area contributed by atoms with Gasteiger partial charge in [-0.1, -0.05) is 188 Å². The van der Waals surface area contributed by atoms with E-state index in [1.165, 1.54) is 33.6 Å².